The van der Waals surface area contributed by atoms with Crippen LogP contribution in [0.3, 0.4) is 0 Å². The summed E-state index contributed by atoms with van der Waals surface area (Å²) in [6, 6.07) is 14.2. The van der Waals surface area contributed by atoms with E-state index in [1.807, 2.05) is 51.1 Å². The number of likely N-dealkylation sites (tertiary alicyclic amines) is 1. The Hall–Kier alpha value is -1.83. The summed E-state index contributed by atoms with van der Waals surface area (Å²) in [6.45, 7) is 7.91. The number of carbonyl (C=O) groups excluding carboxylic acids is 1. The molecule has 1 saturated heterocycles. The number of rotatable bonds is 7. The number of alkyl halides is 1. The lowest BCUT2D eigenvalue weighted by molar-refractivity contribution is -0.143. The molecule has 2 aliphatic rings. The third-order valence-electron chi connectivity index (χ3n) is 6.18. The summed E-state index contributed by atoms with van der Waals surface area (Å²) >= 11 is 5.61. The maximum atomic E-state index is 12.5. The number of carbonyl (C=O) groups is 1. The van der Waals surface area contributed by atoms with Crippen molar-refractivity contribution < 1.29 is 18.7 Å². The summed E-state index contributed by atoms with van der Waals surface area (Å²) in [5.41, 5.74) is 2.85. The lowest BCUT2D eigenvalue weighted by Crippen LogP contribution is -2.26. The van der Waals surface area contributed by atoms with E-state index < -0.39 is 5.41 Å². The SMILES string of the molecule is CC(C)(C)C(=O)Oc1ccc2c(c1)SCCC(Br)=C2c1ccc(O[C@H]2CCN(CCCF)C2)cc1. The summed E-state index contributed by atoms with van der Waals surface area (Å²) in [5, 5.41) is 0. The van der Waals surface area contributed by atoms with Crippen molar-refractivity contribution in [1.29, 1.82) is 0 Å². The number of fused-ring (bicyclic) bond motifs is 1. The van der Waals surface area contributed by atoms with E-state index >= 15 is 0 Å². The zero-order valence-corrected chi connectivity index (χ0v) is 23.0. The van der Waals surface area contributed by atoms with Gasteiger partial charge in [-0.05, 0) is 81.5 Å². The van der Waals surface area contributed by atoms with Gasteiger partial charge in [0.05, 0.1) is 12.1 Å². The van der Waals surface area contributed by atoms with E-state index in [9.17, 15) is 9.18 Å². The molecule has 0 N–H and O–H groups in total. The van der Waals surface area contributed by atoms with Crippen LogP contribution in [0, 0.1) is 5.41 Å². The van der Waals surface area contributed by atoms with E-state index in [0.29, 0.717) is 12.2 Å². The molecule has 0 aliphatic carbocycles. The molecule has 1 fully saturated rings. The molecule has 2 aromatic carbocycles. The van der Waals surface area contributed by atoms with Crippen LogP contribution in [0.15, 0.2) is 51.8 Å². The van der Waals surface area contributed by atoms with Crippen LogP contribution in [0.4, 0.5) is 4.39 Å². The van der Waals surface area contributed by atoms with E-state index in [0.717, 1.165) is 70.1 Å². The molecule has 0 radical (unpaired) electrons. The molecule has 0 bridgehead atoms. The number of hydrogen-bond acceptors (Lipinski definition) is 5. The molecule has 4 nitrogen and oxygen atoms in total. The summed E-state index contributed by atoms with van der Waals surface area (Å²) < 4.78 is 25.5. The highest BCUT2D eigenvalue weighted by Crippen LogP contribution is 2.43. The van der Waals surface area contributed by atoms with Crippen molar-refractivity contribution >= 4 is 39.2 Å². The molecule has 7 heteroatoms. The smallest absolute Gasteiger partial charge is 0.316 e. The third kappa shape index (κ3) is 6.69. The molecule has 188 valence electrons. The van der Waals surface area contributed by atoms with E-state index in [1.54, 1.807) is 11.8 Å². The van der Waals surface area contributed by atoms with Crippen molar-refractivity contribution in [2.45, 2.75) is 51.0 Å². The summed E-state index contributed by atoms with van der Waals surface area (Å²) in [6.07, 6.45) is 2.62. The molecular formula is C28H33BrFNO3S. The van der Waals surface area contributed by atoms with Crippen LogP contribution in [-0.4, -0.2) is 49.0 Å². The minimum absolute atomic E-state index is 0.149. The second-order valence-corrected chi connectivity index (χ2v) is 12.2. The second kappa shape index (κ2) is 11.5. The van der Waals surface area contributed by atoms with Crippen molar-refractivity contribution in [2.24, 2.45) is 5.41 Å². The molecule has 0 spiro atoms. The molecule has 0 saturated carbocycles. The molecule has 2 aromatic rings. The first-order chi connectivity index (χ1) is 16.7. The fraction of sp³-hybridized carbons (Fsp3) is 0.464. The molecule has 0 unspecified atom stereocenters. The van der Waals surface area contributed by atoms with Crippen LogP contribution >= 0.6 is 27.7 Å². The number of halogens is 2. The van der Waals surface area contributed by atoms with Crippen LogP contribution in [-0.2, 0) is 4.79 Å². The van der Waals surface area contributed by atoms with Gasteiger partial charge in [0.15, 0.2) is 0 Å². The van der Waals surface area contributed by atoms with Gasteiger partial charge in [-0.2, -0.15) is 0 Å². The van der Waals surface area contributed by atoms with E-state index in [1.165, 1.54) is 0 Å². The quantitative estimate of drug-likeness (QED) is 0.266. The van der Waals surface area contributed by atoms with E-state index in [-0.39, 0.29) is 18.7 Å². The van der Waals surface area contributed by atoms with Crippen molar-refractivity contribution in [1.82, 2.24) is 4.90 Å². The van der Waals surface area contributed by atoms with E-state index in [4.69, 9.17) is 9.47 Å². The maximum Gasteiger partial charge on any atom is 0.316 e. The standard InChI is InChI=1S/C28H33BrFNO3S/c1-28(2,3)27(32)34-21-9-10-23-25(17-21)35-16-12-24(29)26(23)19-5-7-20(8-6-19)33-22-11-15-31(18-22)14-4-13-30/h5-10,17,22H,4,11-16,18H2,1-3H3/t22-/m0/s1. The Labute approximate surface area is 220 Å². The molecule has 0 aromatic heterocycles. The van der Waals surface area contributed by atoms with Gasteiger partial charge < -0.3 is 9.47 Å². The summed E-state index contributed by atoms with van der Waals surface area (Å²) in [7, 11) is 0. The molecule has 2 heterocycles. The predicted octanol–water partition coefficient (Wildman–Crippen LogP) is 7.10. The topological polar surface area (TPSA) is 38.8 Å². The Balaban J connectivity index is 1.50. The molecule has 0 amide bonds. The van der Waals surface area contributed by atoms with Crippen LogP contribution < -0.4 is 9.47 Å². The number of nitrogens with zero attached hydrogens (tertiary/aromatic N) is 1. The number of allylic oxidation sites excluding steroid dienone is 1. The zero-order valence-electron chi connectivity index (χ0n) is 20.6. The fourth-order valence-corrected chi connectivity index (χ4v) is 6.21. The molecule has 35 heavy (non-hydrogen) atoms. The number of esters is 1. The number of ether oxygens (including phenoxy) is 2. The van der Waals surface area contributed by atoms with Gasteiger partial charge in [-0.15, -0.1) is 11.8 Å². The highest BCUT2D eigenvalue weighted by Gasteiger charge is 2.26. The Bertz CT molecular complexity index is 1080. The van der Waals surface area contributed by atoms with Gasteiger partial charge in [0, 0.05) is 40.3 Å². The predicted molar refractivity (Wildman–Crippen MR) is 144 cm³/mol. The van der Waals surface area contributed by atoms with Gasteiger partial charge in [-0.25, -0.2) is 0 Å². The van der Waals surface area contributed by atoms with Gasteiger partial charge >= 0.3 is 5.97 Å². The normalized spacial score (nSPS) is 18.8. The van der Waals surface area contributed by atoms with Crippen LogP contribution in [0.1, 0.15) is 51.2 Å². The number of hydrogen-bond donors (Lipinski definition) is 0. The highest BCUT2D eigenvalue weighted by atomic mass is 79.9. The van der Waals surface area contributed by atoms with Gasteiger partial charge in [-0.3, -0.25) is 14.1 Å². The molecular weight excluding hydrogens is 529 g/mol. The van der Waals surface area contributed by atoms with Crippen LogP contribution in [0.25, 0.3) is 5.57 Å². The molecule has 1 atom stereocenters. The van der Waals surface area contributed by atoms with Gasteiger partial charge in [0.25, 0.3) is 0 Å². The lowest BCUT2D eigenvalue weighted by atomic mass is 9.96. The lowest BCUT2D eigenvalue weighted by Gasteiger charge is -2.18. The average Bonchev–Trinajstić information content (AvgIpc) is 3.19. The Morgan fingerprint density at radius 2 is 1.91 bits per heavy atom. The van der Waals surface area contributed by atoms with Crippen molar-refractivity contribution in [2.75, 3.05) is 32.1 Å². The maximum absolute atomic E-state index is 12.5. The minimum atomic E-state index is -0.553. The summed E-state index contributed by atoms with van der Waals surface area (Å²) in [4.78, 5) is 15.7. The number of thioether (sulfide) groups is 1. The van der Waals surface area contributed by atoms with Crippen molar-refractivity contribution in [3.05, 3.63) is 58.1 Å². The van der Waals surface area contributed by atoms with Gasteiger partial charge in [0.2, 0.25) is 0 Å². The van der Waals surface area contributed by atoms with E-state index in [2.05, 4.69) is 33.0 Å². The van der Waals surface area contributed by atoms with Crippen molar-refractivity contribution in [3.63, 3.8) is 0 Å². The molecule has 2 aliphatic heterocycles. The Kier molecular flexibility index (Phi) is 8.61. The zero-order chi connectivity index (χ0) is 25.0. The first-order valence-electron chi connectivity index (χ1n) is 12.2. The summed E-state index contributed by atoms with van der Waals surface area (Å²) in [5.74, 6) is 2.14. The Morgan fingerprint density at radius 1 is 1.17 bits per heavy atom. The molecule has 4 rings (SSSR count). The largest absolute Gasteiger partial charge is 0.489 e. The van der Waals surface area contributed by atoms with Crippen LogP contribution in [0.5, 0.6) is 11.5 Å². The first-order valence-corrected chi connectivity index (χ1v) is 14.0. The fourth-order valence-electron chi connectivity index (χ4n) is 4.26. The van der Waals surface area contributed by atoms with Crippen molar-refractivity contribution in [3.8, 4) is 11.5 Å². The Morgan fingerprint density at radius 3 is 2.63 bits per heavy atom. The first kappa shape index (κ1) is 26.2. The minimum Gasteiger partial charge on any atom is -0.489 e. The number of benzene rings is 2. The average molecular weight is 563 g/mol. The third-order valence-corrected chi connectivity index (χ3v) is 8.03. The highest BCUT2D eigenvalue weighted by molar-refractivity contribution is 9.11. The second-order valence-electron chi connectivity index (χ2n) is 10.1. The van der Waals surface area contributed by atoms with Crippen LogP contribution in [0.2, 0.25) is 0 Å². The monoisotopic (exact) mass is 561 g/mol. The van der Waals surface area contributed by atoms with Gasteiger partial charge in [-0.1, -0.05) is 28.1 Å². The van der Waals surface area contributed by atoms with Gasteiger partial charge in [0.1, 0.15) is 17.6 Å².